The molecule has 4 unspecified atom stereocenters. The molecule has 0 saturated carbocycles. The van der Waals surface area contributed by atoms with Crippen molar-refractivity contribution in [3.8, 4) is 0 Å². The van der Waals surface area contributed by atoms with E-state index in [1.807, 2.05) is 0 Å². The number of hydrogen-bond acceptors (Lipinski definition) is 4. The monoisotopic (exact) mass is 794 g/mol. The summed E-state index contributed by atoms with van der Waals surface area (Å²) >= 11 is 0. The molecule has 0 aliphatic carbocycles. The Balaban J connectivity index is 4.67. The SMILES string of the molecule is CCCCCCCCCC(C)(CCCCCC)OCC(C)CCCCN(CCCCO)CCCCC(C)COC(C)(CCCCCC)CCCCCCCCC. The van der Waals surface area contributed by atoms with E-state index in [0.717, 1.165) is 32.6 Å². The number of ether oxygens (including phenoxy) is 2. The second-order valence-electron chi connectivity index (χ2n) is 19.4. The summed E-state index contributed by atoms with van der Waals surface area (Å²) in [5.41, 5.74) is 0.111. The zero-order valence-electron chi connectivity index (χ0n) is 40.1. The second-order valence-corrected chi connectivity index (χ2v) is 19.4. The summed E-state index contributed by atoms with van der Waals surface area (Å²) in [7, 11) is 0. The lowest BCUT2D eigenvalue weighted by Gasteiger charge is -2.32. The van der Waals surface area contributed by atoms with E-state index in [2.05, 4.69) is 60.3 Å². The molecule has 0 aromatic heterocycles. The molecule has 4 atom stereocenters. The topological polar surface area (TPSA) is 41.9 Å². The largest absolute Gasteiger partial charge is 0.396 e. The van der Waals surface area contributed by atoms with Crippen LogP contribution in [0.3, 0.4) is 0 Å². The van der Waals surface area contributed by atoms with Gasteiger partial charge in [-0.1, -0.05) is 196 Å². The van der Waals surface area contributed by atoms with Gasteiger partial charge in [-0.15, -0.1) is 0 Å². The van der Waals surface area contributed by atoms with E-state index in [4.69, 9.17) is 9.47 Å². The Kier molecular flexibility index (Phi) is 40.1. The van der Waals surface area contributed by atoms with Crippen LogP contribution in [0.1, 0.15) is 274 Å². The van der Waals surface area contributed by atoms with Crippen molar-refractivity contribution in [2.75, 3.05) is 39.5 Å². The van der Waals surface area contributed by atoms with E-state index in [0.29, 0.717) is 18.4 Å². The molecule has 0 aliphatic rings. The fraction of sp³-hybridized carbons (Fsp3) is 1.00. The van der Waals surface area contributed by atoms with E-state index < -0.39 is 0 Å². The molecule has 0 aromatic carbocycles. The van der Waals surface area contributed by atoms with Crippen molar-refractivity contribution in [1.29, 1.82) is 0 Å². The molecule has 4 nitrogen and oxygen atoms in total. The van der Waals surface area contributed by atoms with Gasteiger partial charge in [-0.2, -0.15) is 0 Å². The number of aliphatic hydroxyl groups excluding tert-OH is 1. The maximum atomic E-state index is 9.45. The number of nitrogens with zero attached hydrogens (tertiary/aromatic N) is 1. The van der Waals surface area contributed by atoms with Crippen molar-refractivity contribution in [1.82, 2.24) is 4.90 Å². The highest BCUT2D eigenvalue weighted by molar-refractivity contribution is 4.78. The lowest BCUT2D eigenvalue weighted by atomic mass is 9.91. The maximum Gasteiger partial charge on any atom is 0.0654 e. The van der Waals surface area contributed by atoms with Crippen LogP contribution in [0.5, 0.6) is 0 Å². The van der Waals surface area contributed by atoms with Crippen LogP contribution in [0.4, 0.5) is 0 Å². The fourth-order valence-corrected chi connectivity index (χ4v) is 8.59. The molecule has 0 fully saturated rings. The lowest BCUT2D eigenvalue weighted by molar-refractivity contribution is -0.0610. The molecule has 0 spiro atoms. The van der Waals surface area contributed by atoms with E-state index in [9.17, 15) is 5.11 Å². The van der Waals surface area contributed by atoms with Gasteiger partial charge in [0.15, 0.2) is 0 Å². The van der Waals surface area contributed by atoms with Gasteiger partial charge in [0.1, 0.15) is 0 Å². The molecule has 0 aromatic rings. The first kappa shape index (κ1) is 55.8. The first-order chi connectivity index (χ1) is 27.2. The zero-order chi connectivity index (χ0) is 41.4. The molecular weight excluding hydrogens is 687 g/mol. The van der Waals surface area contributed by atoms with Gasteiger partial charge in [-0.25, -0.2) is 0 Å². The summed E-state index contributed by atoms with van der Waals surface area (Å²) in [5.74, 6) is 1.25. The van der Waals surface area contributed by atoms with Crippen molar-refractivity contribution >= 4 is 0 Å². The average Bonchev–Trinajstić information content (AvgIpc) is 3.19. The van der Waals surface area contributed by atoms with Crippen LogP contribution >= 0.6 is 0 Å². The van der Waals surface area contributed by atoms with Crippen LogP contribution in [0.25, 0.3) is 0 Å². The molecule has 0 radical (unpaired) electrons. The number of rotatable bonds is 46. The molecule has 0 amide bonds. The van der Waals surface area contributed by atoms with Crippen molar-refractivity contribution in [3.05, 3.63) is 0 Å². The van der Waals surface area contributed by atoms with Crippen LogP contribution in [0.2, 0.25) is 0 Å². The fourth-order valence-electron chi connectivity index (χ4n) is 8.59. The first-order valence-corrected chi connectivity index (χ1v) is 25.8. The summed E-state index contributed by atoms with van der Waals surface area (Å²) in [6, 6.07) is 0. The van der Waals surface area contributed by atoms with Gasteiger partial charge in [0.2, 0.25) is 0 Å². The van der Waals surface area contributed by atoms with Crippen molar-refractivity contribution in [2.45, 2.75) is 285 Å². The Morgan fingerprint density at radius 3 is 1.00 bits per heavy atom. The predicted molar refractivity (Wildman–Crippen MR) is 250 cm³/mol. The van der Waals surface area contributed by atoms with Crippen molar-refractivity contribution in [3.63, 3.8) is 0 Å². The van der Waals surface area contributed by atoms with Crippen LogP contribution in [0.15, 0.2) is 0 Å². The van der Waals surface area contributed by atoms with Crippen molar-refractivity contribution < 1.29 is 14.6 Å². The highest BCUT2D eigenvalue weighted by Crippen LogP contribution is 2.30. The van der Waals surface area contributed by atoms with E-state index in [1.165, 1.54) is 219 Å². The Labute approximate surface area is 354 Å². The summed E-state index contributed by atoms with van der Waals surface area (Å²) in [5, 5.41) is 9.45. The van der Waals surface area contributed by atoms with Gasteiger partial charge in [0.05, 0.1) is 11.2 Å². The number of unbranched alkanes of at least 4 members (excludes halogenated alkanes) is 21. The second kappa shape index (κ2) is 40.3. The molecule has 0 rings (SSSR count). The van der Waals surface area contributed by atoms with Gasteiger partial charge in [-0.05, 0) is 110 Å². The summed E-state index contributed by atoms with van der Waals surface area (Å²) in [6.45, 7) is 24.6. The van der Waals surface area contributed by atoms with E-state index in [-0.39, 0.29) is 11.2 Å². The Hall–Kier alpha value is -0.160. The minimum absolute atomic E-state index is 0.0553. The van der Waals surface area contributed by atoms with Gasteiger partial charge in [0, 0.05) is 19.8 Å². The third-order valence-corrected chi connectivity index (χ3v) is 12.9. The number of aliphatic hydroxyl groups is 1. The molecular formula is C52H107NO3. The van der Waals surface area contributed by atoms with Gasteiger partial charge < -0.3 is 19.5 Å². The zero-order valence-corrected chi connectivity index (χ0v) is 40.1. The van der Waals surface area contributed by atoms with Gasteiger partial charge in [0.25, 0.3) is 0 Å². The minimum atomic E-state index is 0.0553. The first-order valence-electron chi connectivity index (χ1n) is 25.8. The van der Waals surface area contributed by atoms with Crippen LogP contribution in [0, 0.1) is 11.8 Å². The third-order valence-electron chi connectivity index (χ3n) is 12.9. The highest BCUT2D eigenvalue weighted by Gasteiger charge is 2.26. The van der Waals surface area contributed by atoms with E-state index in [1.54, 1.807) is 0 Å². The third kappa shape index (κ3) is 35.8. The molecule has 0 bridgehead atoms. The summed E-state index contributed by atoms with van der Waals surface area (Å²) in [6.07, 6.45) is 44.5. The molecule has 338 valence electrons. The molecule has 0 heterocycles. The lowest BCUT2D eigenvalue weighted by Crippen LogP contribution is -2.31. The normalized spacial score (nSPS) is 15.3. The summed E-state index contributed by atoms with van der Waals surface area (Å²) in [4.78, 5) is 2.70. The quantitative estimate of drug-likeness (QED) is 0.0623. The molecule has 1 N–H and O–H groups in total. The minimum Gasteiger partial charge on any atom is -0.396 e. The van der Waals surface area contributed by atoms with Crippen LogP contribution in [-0.4, -0.2) is 60.7 Å². The Morgan fingerprint density at radius 1 is 0.393 bits per heavy atom. The van der Waals surface area contributed by atoms with E-state index >= 15 is 0 Å². The predicted octanol–water partition coefficient (Wildman–Crippen LogP) is 16.4. The summed E-state index contributed by atoms with van der Waals surface area (Å²) < 4.78 is 13.6. The van der Waals surface area contributed by atoms with Crippen molar-refractivity contribution in [2.24, 2.45) is 11.8 Å². The van der Waals surface area contributed by atoms with Gasteiger partial charge in [-0.3, -0.25) is 0 Å². The molecule has 4 heteroatoms. The average molecular weight is 794 g/mol. The van der Waals surface area contributed by atoms with Gasteiger partial charge >= 0.3 is 0 Å². The smallest absolute Gasteiger partial charge is 0.0654 e. The Bertz CT molecular complexity index is 719. The Morgan fingerprint density at radius 2 is 0.679 bits per heavy atom. The van der Waals surface area contributed by atoms with Crippen LogP contribution in [-0.2, 0) is 9.47 Å². The molecule has 0 saturated heterocycles. The highest BCUT2D eigenvalue weighted by atomic mass is 16.5. The molecule has 0 aliphatic heterocycles. The maximum absolute atomic E-state index is 9.45. The number of hydrogen-bond donors (Lipinski definition) is 1. The standard InChI is InChI=1S/C52H107NO3/c1-9-13-17-21-23-25-31-41-51(7,39-29-19-15-11-3)55-47-49(5)37-27-33-43-53(45-35-36-46-54)44-34-28-38-50(6)48-56-52(8,40-30-20-16-12-4)42-32-26-24-22-18-14-10-2/h49-50,54H,9-48H2,1-8H3. The van der Waals surface area contributed by atoms with Crippen LogP contribution < -0.4 is 0 Å². The molecule has 56 heavy (non-hydrogen) atoms.